The molecule has 1 aromatic carbocycles. The highest BCUT2D eigenvalue weighted by atomic mass is 19.1. The van der Waals surface area contributed by atoms with E-state index in [0.29, 0.717) is 24.5 Å². The second-order valence-electron chi connectivity index (χ2n) is 3.94. The summed E-state index contributed by atoms with van der Waals surface area (Å²) in [6.45, 7) is 0.401. The summed E-state index contributed by atoms with van der Waals surface area (Å²) < 4.78 is 18.6. The van der Waals surface area contributed by atoms with Crippen LogP contribution in [0.15, 0.2) is 35.1 Å². The van der Waals surface area contributed by atoms with Crippen LogP contribution in [0.1, 0.15) is 11.5 Å². The highest BCUT2D eigenvalue weighted by Gasteiger charge is 2.05. The standard InChI is InChI=1S/C13H14FN3O2/c14-10-3-1-2-4-11(10)19-8-12-16-9(5-6-15)7-13(18)17-12/h1-4,7H,5-6,8,15H2,(H,16,17,18). The van der Waals surface area contributed by atoms with Crippen molar-refractivity contribution in [3.8, 4) is 5.75 Å². The van der Waals surface area contributed by atoms with Gasteiger partial charge in [-0.1, -0.05) is 12.1 Å². The Morgan fingerprint density at radius 2 is 2.16 bits per heavy atom. The minimum Gasteiger partial charge on any atom is -0.483 e. The van der Waals surface area contributed by atoms with E-state index in [2.05, 4.69) is 9.97 Å². The van der Waals surface area contributed by atoms with Crippen molar-refractivity contribution in [1.29, 1.82) is 0 Å². The molecular formula is C13H14FN3O2. The van der Waals surface area contributed by atoms with Crippen molar-refractivity contribution in [3.63, 3.8) is 0 Å². The average molecular weight is 263 g/mol. The molecule has 2 rings (SSSR count). The Kier molecular flexibility index (Phi) is 4.25. The normalized spacial score (nSPS) is 10.4. The van der Waals surface area contributed by atoms with Gasteiger partial charge in [0.15, 0.2) is 11.6 Å². The Bertz CT molecular complexity index is 613. The molecule has 19 heavy (non-hydrogen) atoms. The first-order valence-corrected chi connectivity index (χ1v) is 5.85. The van der Waals surface area contributed by atoms with Gasteiger partial charge in [0.1, 0.15) is 12.4 Å². The van der Waals surface area contributed by atoms with E-state index in [9.17, 15) is 9.18 Å². The molecule has 0 aliphatic heterocycles. The summed E-state index contributed by atoms with van der Waals surface area (Å²) >= 11 is 0. The fraction of sp³-hybridized carbons (Fsp3) is 0.231. The van der Waals surface area contributed by atoms with Crippen molar-refractivity contribution >= 4 is 0 Å². The summed E-state index contributed by atoms with van der Waals surface area (Å²) in [6.07, 6.45) is 0.511. The van der Waals surface area contributed by atoms with Gasteiger partial charge < -0.3 is 15.5 Å². The SMILES string of the molecule is NCCc1cc(=O)[nH]c(COc2ccccc2F)n1. The Balaban J connectivity index is 2.11. The van der Waals surface area contributed by atoms with Crippen LogP contribution in [0.5, 0.6) is 5.75 Å². The van der Waals surface area contributed by atoms with Gasteiger partial charge in [-0.25, -0.2) is 9.37 Å². The number of nitrogens with two attached hydrogens (primary N) is 1. The second kappa shape index (κ2) is 6.10. The van der Waals surface area contributed by atoms with Crippen LogP contribution in [0.4, 0.5) is 4.39 Å². The topological polar surface area (TPSA) is 81.0 Å². The van der Waals surface area contributed by atoms with E-state index in [-0.39, 0.29) is 17.9 Å². The molecule has 100 valence electrons. The molecule has 0 aliphatic rings. The number of nitrogens with zero attached hydrogens (tertiary/aromatic N) is 1. The third kappa shape index (κ3) is 3.62. The maximum absolute atomic E-state index is 13.3. The van der Waals surface area contributed by atoms with Crippen LogP contribution in [0, 0.1) is 5.82 Å². The average Bonchev–Trinajstić information content (AvgIpc) is 2.37. The highest BCUT2D eigenvalue weighted by Crippen LogP contribution is 2.16. The lowest BCUT2D eigenvalue weighted by molar-refractivity contribution is 0.280. The van der Waals surface area contributed by atoms with Crippen molar-refractivity contribution in [2.75, 3.05) is 6.54 Å². The molecule has 0 saturated heterocycles. The van der Waals surface area contributed by atoms with Crippen molar-refractivity contribution < 1.29 is 9.13 Å². The molecule has 5 nitrogen and oxygen atoms in total. The molecule has 0 fully saturated rings. The van der Waals surface area contributed by atoms with Crippen LogP contribution in [-0.4, -0.2) is 16.5 Å². The summed E-state index contributed by atoms with van der Waals surface area (Å²) in [5, 5.41) is 0. The molecule has 0 amide bonds. The summed E-state index contributed by atoms with van der Waals surface area (Å²) in [4.78, 5) is 18.1. The zero-order valence-electron chi connectivity index (χ0n) is 10.2. The molecule has 1 heterocycles. The van der Waals surface area contributed by atoms with Crippen LogP contribution < -0.4 is 16.0 Å². The van der Waals surface area contributed by atoms with Gasteiger partial charge >= 0.3 is 0 Å². The Morgan fingerprint density at radius 3 is 2.89 bits per heavy atom. The number of rotatable bonds is 5. The van der Waals surface area contributed by atoms with E-state index < -0.39 is 5.82 Å². The minimum atomic E-state index is -0.456. The molecule has 0 bridgehead atoms. The Labute approximate surface area is 109 Å². The number of aromatic amines is 1. The Morgan fingerprint density at radius 1 is 1.37 bits per heavy atom. The Hall–Kier alpha value is -2.21. The van der Waals surface area contributed by atoms with Crippen LogP contribution in [0.25, 0.3) is 0 Å². The van der Waals surface area contributed by atoms with Crippen LogP contribution >= 0.6 is 0 Å². The number of ether oxygens (including phenoxy) is 1. The largest absolute Gasteiger partial charge is 0.483 e. The number of hydrogen-bond donors (Lipinski definition) is 2. The van der Waals surface area contributed by atoms with Crippen molar-refractivity contribution in [2.24, 2.45) is 5.73 Å². The van der Waals surface area contributed by atoms with Crippen LogP contribution in [0.2, 0.25) is 0 Å². The lowest BCUT2D eigenvalue weighted by atomic mass is 10.3. The number of benzene rings is 1. The summed E-state index contributed by atoms with van der Waals surface area (Å²) in [6, 6.07) is 7.44. The number of H-pyrrole nitrogens is 1. The second-order valence-corrected chi connectivity index (χ2v) is 3.94. The van der Waals surface area contributed by atoms with Crippen LogP contribution in [-0.2, 0) is 13.0 Å². The maximum atomic E-state index is 13.3. The van der Waals surface area contributed by atoms with Crippen molar-refractivity contribution in [3.05, 3.63) is 58.0 Å². The fourth-order valence-electron chi connectivity index (χ4n) is 1.62. The molecule has 0 radical (unpaired) electrons. The minimum absolute atomic E-state index is 0.00537. The first-order chi connectivity index (χ1) is 9.19. The van der Waals surface area contributed by atoms with E-state index in [1.165, 1.54) is 18.2 Å². The molecule has 0 aliphatic carbocycles. The van der Waals surface area contributed by atoms with E-state index >= 15 is 0 Å². The molecule has 0 unspecified atom stereocenters. The third-order valence-electron chi connectivity index (χ3n) is 2.45. The van der Waals surface area contributed by atoms with E-state index in [4.69, 9.17) is 10.5 Å². The lowest BCUT2D eigenvalue weighted by Gasteiger charge is -2.07. The maximum Gasteiger partial charge on any atom is 0.251 e. The van der Waals surface area contributed by atoms with Gasteiger partial charge in [0.25, 0.3) is 5.56 Å². The van der Waals surface area contributed by atoms with Gasteiger partial charge in [-0.2, -0.15) is 0 Å². The summed E-state index contributed by atoms with van der Waals surface area (Å²) in [5.41, 5.74) is 5.74. The summed E-state index contributed by atoms with van der Waals surface area (Å²) in [7, 11) is 0. The predicted molar refractivity (Wildman–Crippen MR) is 68.3 cm³/mol. The molecule has 0 saturated carbocycles. The molecule has 1 aromatic heterocycles. The zero-order valence-corrected chi connectivity index (χ0v) is 10.2. The van der Waals surface area contributed by atoms with Gasteiger partial charge in [-0.05, 0) is 18.7 Å². The van der Waals surface area contributed by atoms with Crippen LogP contribution in [0.3, 0.4) is 0 Å². The smallest absolute Gasteiger partial charge is 0.251 e. The predicted octanol–water partition coefficient (Wildman–Crippen LogP) is 0.989. The lowest BCUT2D eigenvalue weighted by Crippen LogP contribution is -2.16. The third-order valence-corrected chi connectivity index (χ3v) is 2.45. The zero-order chi connectivity index (χ0) is 13.7. The molecule has 2 aromatic rings. The molecule has 0 spiro atoms. The highest BCUT2D eigenvalue weighted by molar-refractivity contribution is 5.23. The summed E-state index contributed by atoms with van der Waals surface area (Å²) in [5.74, 6) is 0.0107. The first-order valence-electron chi connectivity index (χ1n) is 5.85. The van der Waals surface area contributed by atoms with Gasteiger partial charge in [-0.15, -0.1) is 0 Å². The molecule has 0 atom stereocenters. The first kappa shape index (κ1) is 13.2. The van der Waals surface area contributed by atoms with Gasteiger partial charge in [0.2, 0.25) is 0 Å². The molecule has 6 heteroatoms. The van der Waals surface area contributed by atoms with Gasteiger partial charge in [0, 0.05) is 18.2 Å². The number of hydrogen-bond acceptors (Lipinski definition) is 4. The van der Waals surface area contributed by atoms with Crippen molar-refractivity contribution in [1.82, 2.24) is 9.97 Å². The van der Waals surface area contributed by atoms with E-state index in [1.807, 2.05) is 0 Å². The van der Waals surface area contributed by atoms with E-state index in [0.717, 1.165) is 0 Å². The van der Waals surface area contributed by atoms with Gasteiger partial charge in [0.05, 0.1) is 0 Å². The molecular weight excluding hydrogens is 249 g/mol. The number of aromatic nitrogens is 2. The van der Waals surface area contributed by atoms with E-state index in [1.54, 1.807) is 12.1 Å². The number of nitrogens with one attached hydrogen (secondary N) is 1. The molecule has 3 N–H and O–H groups in total. The number of halogens is 1. The van der Waals surface area contributed by atoms with Gasteiger partial charge in [-0.3, -0.25) is 4.79 Å². The monoisotopic (exact) mass is 263 g/mol. The van der Waals surface area contributed by atoms with Crippen molar-refractivity contribution in [2.45, 2.75) is 13.0 Å². The fourth-order valence-corrected chi connectivity index (χ4v) is 1.62. The number of para-hydroxylation sites is 1. The quantitative estimate of drug-likeness (QED) is 0.843.